The topological polar surface area (TPSA) is 219 Å². The van der Waals surface area contributed by atoms with Crippen LogP contribution in [-0.4, -0.2) is 70.9 Å². The molecule has 156 valence electrons. The van der Waals surface area contributed by atoms with Crippen LogP contribution < -0.4 is 40.2 Å². The van der Waals surface area contributed by atoms with Gasteiger partial charge in [0.25, 0.3) is 11.8 Å². The van der Waals surface area contributed by atoms with Crippen molar-refractivity contribution in [1.82, 2.24) is 14.6 Å². The fourth-order valence-corrected chi connectivity index (χ4v) is 3.63. The maximum atomic E-state index is 12.5. The first-order valence-electron chi connectivity index (χ1n) is 7.21. The number of nitrogens with zero attached hydrogens (tertiary/aromatic N) is 6. The molecule has 1 aromatic rings. The smallest absolute Gasteiger partial charge is 0.731 e. The zero-order valence-corrected chi connectivity index (χ0v) is 19.6. The Bertz CT molecular complexity index is 1020. The minimum absolute atomic E-state index is 0. The summed E-state index contributed by atoms with van der Waals surface area (Å²) in [6.45, 7) is 0. The van der Waals surface area contributed by atoms with Gasteiger partial charge in [0, 0.05) is 10.3 Å². The minimum atomic E-state index is -5.25. The molecule has 0 aromatic carbocycles. The van der Waals surface area contributed by atoms with Crippen molar-refractivity contribution >= 4 is 61.8 Å². The molecule has 1 aliphatic heterocycles. The van der Waals surface area contributed by atoms with Crippen molar-refractivity contribution in [2.45, 2.75) is 12.2 Å². The predicted octanol–water partition coefficient (Wildman–Crippen LogP) is -3.90. The van der Waals surface area contributed by atoms with Gasteiger partial charge in [-0.05, 0) is 5.53 Å². The molecular formula is C11H10ClN8NaO7S2. The summed E-state index contributed by atoms with van der Waals surface area (Å²) in [6, 6.07) is -1.63. The third kappa shape index (κ3) is 5.79. The molecule has 2 rings (SSSR count). The fourth-order valence-electron chi connectivity index (χ4n) is 2.09. The summed E-state index contributed by atoms with van der Waals surface area (Å²) in [6.07, 6.45) is -1.78. The second-order valence-electron chi connectivity index (χ2n) is 5.00. The monoisotopic (exact) mass is 488 g/mol. The van der Waals surface area contributed by atoms with E-state index in [4.69, 9.17) is 17.1 Å². The van der Waals surface area contributed by atoms with Crippen LogP contribution in [0.3, 0.4) is 0 Å². The van der Waals surface area contributed by atoms with Crippen LogP contribution in [-0.2, 0) is 29.5 Å². The number of alkyl halides is 1. The van der Waals surface area contributed by atoms with E-state index in [0.29, 0.717) is 0 Å². The largest absolute Gasteiger partial charge is 1.00 e. The third-order valence-electron chi connectivity index (χ3n) is 3.23. The Kier molecular flexibility index (Phi) is 9.44. The van der Waals surface area contributed by atoms with E-state index in [1.807, 2.05) is 0 Å². The molecule has 3 amide bonds. The maximum absolute atomic E-state index is 12.5. The molecule has 0 radical (unpaired) electrons. The van der Waals surface area contributed by atoms with E-state index in [0.717, 1.165) is 18.4 Å². The van der Waals surface area contributed by atoms with Crippen LogP contribution in [0.25, 0.3) is 10.4 Å². The molecule has 19 heteroatoms. The van der Waals surface area contributed by atoms with Gasteiger partial charge < -0.3 is 20.0 Å². The summed E-state index contributed by atoms with van der Waals surface area (Å²) >= 11 is 6.31. The first kappa shape index (κ1) is 26.1. The molecule has 30 heavy (non-hydrogen) atoms. The average Bonchev–Trinajstić information content (AvgIpc) is 3.10. The number of rotatable bonds is 8. The van der Waals surface area contributed by atoms with Crippen LogP contribution >= 0.6 is 22.9 Å². The van der Waals surface area contributed by atoms with Gasteiger partial charge in [-0.1, -0.05) is 10.3 Å². The molecule has 0 saturated carbocycles. The molecule has 0 aliphatic carbocycles. The summed E-state index contributed by atoms with van der Waals surface area (Å²) in [5, 5.41) is 12.4. The van der Waals surface area contributed by atoms with Gasteiger partial charge in [0.2, 0.25) is 5.91 Å². The summed E-state index contributed by atoms with van der Waals surface area (Å²) in [5.41, 5.74) is 8.01. The molecule has 0 spiro atoms. The number of β-lactam (4-membered cyclic amide) rings is 1. The van der Waals surface area contributed by atoms with Gasteiger partial charge in [-0.2, -0.15) is 0 Å². The van der Waals surface area contributed by atoms with E-state index in [1.165, 1.54) is 5.38 Å². The second-order valence-corrected chi connectivity index (χ2v) is 7.38. The van der Waals surface area contributed by atoms with Crippen molar-refractivity contribution in [2.75, 3.05) is 18.3 Å². The standard InChI is InChI=1S/C11H11ClN8O7S2.Na/c1-27-18-6(4-3-28-11(14-4)15-5(21)2-12)9(22)16-7-8(17-19-13)20(10(7)23)29(24,25)26;/h3,7-8H,2H2,1H3,(H,16,22)(H,14,15,21)(H,24,25,26);/q;+1/p-1/t7-,8?;/m0./s1. The molecule has 2 N–H and O–H groups in total. The minimum Gasteiger partial charge on any atom is -0.731 e. The Morgan fingerprint density at radius 1 is 1.53 bits per heavy atom. The van der Waals surface area contributed by atoms with Crippen molar-refractivity contribution in [2.24, 2.45) is 10.3 Å². The number of carbonyl (C=O) groups excluding carboxylic acids is 3. The van der Waals surface area contributed by atoms with E-state index < -0.39 is 45.9 Å². The number of anilines is 1. The molecule has 1 saturated heterocycles. The van der Waals surface area contributed by atoms with Crippen LogP contribution in [0.5, 0.6) is 0 Å². The fraction of sp³-hybridized carbons (Fsp3) is 0.364. The molecule has 0 bridgehead atoms. The van der Waals surface area contributed by atoms with Gasteiger partial charge in [0.15, 0.2) is 27.3 Å². The molecule has 1 aromatic heterocycles. The van der Waals surface area contributed by atoms with E-state index >= 15 is 0 Å². The number of thiazole rings is 1. The van der Waals surface area contributed by atoms with Gasteiger partial charge in [0.1, 0.15) is 24.7 Å². The average molecular weight is 489 g/mol. The number of aromatic nitrogens is 1. The van der Waals surface area contributed by atoms with Crippen molar-refractivity contribution in [3.05, 3.63) is 21.5 Å². The number of amides is 3. The van der Waals surface area contributed by atoms with Gasteiger partial charge in [-0.15, -0.1) is 22.9 Å². The molecule has 1 fully saturated rings. The van der Waals surface area contributed by atoms with E-state index in [2.05, 4.69) is 35.6 Å². The molecular weight excluding hydrogens is 479 g/mol. The first-order chi connectivity index (χ1) is 13.6. The Morgan fingerprint density at radius 3 is 2.73 bits per heavy atom. The van der Waals surface area contributed by atoms with Crippen LogP contribution in [0.15, 0.2) is 15.7 Å². The number of hydrogen-bond acceptors (Lipinski definition) is 11. The number of hydrogen-bond donors (Lipinski definition) is 2. The SMILES string of the molecule is CON=C(C(=O)N[C@@H]1C(=O)N(S(=O)(=O)[O-])C1N=[N+]=[N-])c1csc(NC(=O)CCl)n1.[Na+]. The second kappa shape index (κ2) is 10.9. The number of halogens is 1. The van der Waals surface area contributed by atoms with E-state index in [1.54, 1.807) is 0 Å². The Hall–Kier alpha value is -1.98. The number of azide groups is 1. The Balaban J connectivity index is 0.00000450. The maximum Gasteiger partial charge on any atom is 1.00 e. The van der Waals surface area contributed by atoms with Crippen LogP contribution in [0.4, 0.5) is 5.13 Å². The third-order valence-corrected chi connectivity index (χ3v) is 5.11. The molecule has 1 unspecified atom stereocenters. The Labute approximate surface area is 199 Å². The summed E-state index contributed by atoms with van der Waals surface area (Å²) in [7, 11) is -4.12. The molecule has 15 nitrogen and oxygen atoms in total. The van der Waals surface area contributed by atoms with Crippen molar-refractivity contribution in [3.8, 4) is 0 Å². The number of oxime groups is 1. The molecule has 2 atom stereocenters. The quantitative estimate of drug-likeness (QED) is 0.0422. The van der Waals surface area contributed by atoms with Crippen LogP contribution in [0.2, 0.25) is 0 Å². The summed E-state index contributed by atoms with van der Waals surface area (Å²) in [4.78, 5) is 46.5. The summed E-state index contributed by atoms with van der Waals surface area (Å²) in [5.74, 6) is -3.21. The van der Waals surface area contributed by atoms with Gasteiger partial charge in [0.05, 0.1) is 0 Å². The summed E-state index contributed by atoms with van der Waals surface area (Å²) < 4.78 is 33.0. The van der Waals surface area contributed by atoms with Crippen molar-refractivity contribution in [1.29, 1.82) is 0 Å². The molecule has 2 heterocycles. The van der Waals surface area contributed by atoms with Crippen LogP contribution in [0.1, 0.15) is 5.69 Å². The van der Waals surface area contributed by atoms with Gasteiger partial charge in [-0.3, -0.25) is 14.4 Å². The van der Waals surface area contributed by atoms with Gasteiger partial charge >= 0.3 is 29.6 Å². The normalized spacial score (nSPS) is 18.4. The Morgan fingerprint density at radius 2 is 2.20 bits per heavy atom. The van der Waals surface area contributed by atoms with Crippen molar-refractivity contribution in [3.63, 3.8) is 0 Å². The molecule has 1 aliphatic rings. The predicted molar refractivity (Wildman–Crippen MR) is 96.4 cm³/mol. The van der Waals surface area contributed by atoms with Crippen LogP contribution in [0, 0.1) is 0 Å². The van der Waals surface area contributed by atoms with Gasteiger partial charge in [-0.25, -0.2) is 17.7 Å². The van der Waals surface area contributed by atoms with Crippen molar-refractivity contribution < 1.29 is 61.7 Å². The zero-order valence-electron chi connectivity index (χ0n) is 15.2. The van der Waals surface area contributed by atoms with E-state index in [9.17, 15) is 27.4 Å². The van der Waals surface area contributed by atoms with E-state index in [-0.39, 0.29) is 50.6 Å². The number of nitrogens with one attached hydrogen (secondary N) is 2. The number of carbonyl (C=O) groups is 3. The first-order valence-corrected chi connectivity index (χ1v) is 9.99. The zero-order chi connectivity index (χ0) is 21.8.